The number of hydrogen-bond donors (Lipinski definition) is 1. The molecule has 1 N–H and O–H groups in total. The van der Waals surface area contributed by atoms with Gasteiger partial charge < -0.3 is 4.84 Å². The van der Waals surface area contributed by atoms with Crippen LogP contribution in [-0.2, 0) is 4.84 Å². The van der Waals surface area contributed by atoms with Crippen LogP contribution in [0, 0.1) is 11.6 Å². The quantitative estimate of drug-likeness (QED) is 0.721. The first kappa shape index (κ1) is 8.59. The third kappa shape index (κ3) is 1.68. The molecule has 0 unspecified atom stereocenters. The molecule has 13 heavy (non-hydrogen) atoms. The van der Waals surface area contributed by atoms with Gasteiger partial charge in [0.25, 0.3) is 0 Å². The van der Waals surface area contributed by atoms with E-state index in [9.17, 15) is 8.78 Å². The number of benzene rings is 1. The normalized spacial score (nSPS) is 22.2. The molecule has 2 nitrogen and oxygen atoms in total. The first-order valence-electron chi connectivity index (χ1n) is 4.09. The smallest absolute Gasteiger partial charge is 0.128 e. The zero-order valence-electron chi connectivity index (χ0n) is 6.89. The van der Waals surface area contributed by atoms with E-state index in [4.69, 9.17) is 4.84 Å². The number of hydroxylamine groups is 1. The molecule has 70 valence electrons. The molecule has 0 aromatic heterocycles. The molecule has 1 aliphatic heterocycles. The molecular formula is C9H9F2NO. The molecule has 1 aromatic rings. The van der Waals surface area contributed by atoms with Gasteiger partial charge in [0.1, 0.15) is 11.6 Å². The third-order valence-corrected chi connectivity index (χ3v) is 2.07. The second-order valence-corrected chi connectivity index (χ2v) is 2.97. The molecule has 1 saturated heterocycles. The molecule has 0 radical (unpaired) electrons. The topological polar surface area (TPSA) is 21.3 Å². The molecular weight excluding hydrogens is 176 g/mol. The SMILES string of the molecule is Fc1ccc(F)c([C@@H]2CCON2)c1. The lowest BCUT2D eigenvalue weighted by atomic mass is 10.1. The Morgan fingerprint density at radius 3 is 2.92 bits per heavy atom. The molecule has 0 spiro atoms. The molecule has 0 saturated carbocycles. The lowest BCUT2D eigenvalue weighted by Gasteiger charge is -2.09. The standard InChI is InChI=1S/C9H9F2NO/c10-6-1-2-8(11)7(5-6)9-3-4-13-12-9/h1-2,5,9,12H,3-4H2/t9-/m0/s1. The second-order valence-electron chi connectivity index (χ2n) is 2.97. The molecule has 4 heteroatoms. The Hall–Kier alpha value is -1.00. The van der Waals surface area contributed by atoms with Crippen molar-refractivity contribution in [2.75, 3.05) is 6.61 Å². The molecule has 1 atom stereocenters. The summed E-state index contributed by atoms with van der Waals surface area (Å²) in [5.41, 5.74) is 2.97. The van der Waals surface area contributed by atoms with Gasteiger partial charge in [0.2, 0.25) is 0 Å². The summed E-state index contributed by atoms with van der Waals surface area (Å²) in [4.78, 5) is 4.87. The molecule has 2 rings (SSSR count). The molecule has 1 fully saturated rings. The van der Waals surface area contributed by atoms with Gasteiger partial charge in [-0.1, -0.05) is 0 Å². The van der Waals surface area contributed by atoms with E-state index in [1.54, 1.807) is 0 Å². The van der Waals surface area contributed by atoms with Crippen LogP contribution in [0.4, 0.5) is 8.78 Å². The largest absolute Gasteiger partial charge is 0.301 e. The van der Waals surface area contributed by atoms with Crippen LogP contribution in [0.2, 0.25) is 0 Å². The van der Waals surface area contributed by atoms with Gasteiger partial charge in [-0.05, 0) is 24.6 Å². The summed E-state index contributed by atoms with van der Waals surface area (Å²) < 4.78 is 25.9. The fraction of sp³-hybridized carbons (Fsp3) is 0.333. The van der Waals surface area contributed by atoms with E-state index in [0.717, 1.165) is 12.1 Å². The third-order valence-electron chi connectivity index (χ3n) is 2.07. The summed E-state index contributed by atoms with van der Waals surface area (Å²) in [5, 5.41) is 0. The first-order chi connectivity index (χ1) is 6.27. The summed E-state index contributed by atoms with van der Waals surface area (Å²) in [6, 6.07) is 3.21. The number of hydrogen-bond acceptors (Lipinski definition) is 2. The minimum absolute atomic E-state index is 0.226. The van der Waals surface area contributed by atoms with Crippen LogP contribution in [0.3, 0.4) is 0 Å². The van der Waals surface area contributed by atoms with Crippen molar-refractivity contribution in [1.29, 1.82) is 0 Å². The highest BCUT2D eigenvalue weighted by atomic mass is 19.1. The van der Waals surface area contributed by atoms with Crippen LogP contribution in [-0.4, -0.2) is 6.61 Å². The molecule has 0 aliphatic carbocycles. The van der Waals surface area contributed by atoms with Crippen molar-refractivity contribution < 1.29 is 13.6 Å². The highest BCUT2D eigenvalue weighted by Gasteiger charge is 2.20. The molecule has 0 bridgehead atoms. The maximum absolute atomic E-state index is 13.2. The maximum atomic E-state index is 13.2. The van der Waals surface area contributed by atoms with Crippen LogP contribution < -0.4 is 5.48 Å². The van der Waals surface area contributed by atoms with Crippen LogP contribution in [0.15, 0.2) is 18.2 Å². The molecule has 1 aromatic carbocycles. The highest BCUT2D eigenvalue weighted by Crippen LogP contribution is 2.24. The zero-order chi connectivity index (χ0) is 9.26. The highest BCUT2D eigenvalue weighted by molar-refractivity contribution is 5.22. The monoisotopic (exact) mass is 185 g/mol. The van der Waals surface area contributed by atoms with Gasteiger partial charge in [-0.25, -0.2) is 8.78 Å². The van der Waals surface area contributed by atoms with Crippen LogP contribution in [0.1, 0.15) is 18.0 Å². The summed E-state index contributed by atoms with van der Waals surface area (Å²) >= 11 is 0. The Balaban J connectivity index is 2.32. The summed E-state index contributed by atoms with van der Waals surface area (Å²) in [6.45, 7) is 0.528. The van der Waals surface area contributed by atoms with Gasteiger partial charge in [0, 0.05) is 5.56 Å². The molecule has 1 heterocycles. The average molecular weight is 185 g/mol. The number of halogens is 2. The van der Waals surface area contributed by atoms with Crippen molar-refractivity contribution in [2.45, 2.75) is 12.5 Å². The van der Waals surface area contributed by atoms with Gasteiger partial charge in [-0.3, -0.25) is 0 Å². The van der Waals surface area contributed by atoms with E-state index in [1.165, 1.54) is 6.07 Å². The summed E-state index contributed by atoms with van der Waals surface area (Å²) in [7, 11) is 0. The van der Waals surface area contributed by atoms with E-state index in [1.807, 2.05) is 0 Å². The van der Waals surface area contributed by atoms with E-state index in [0.29, 0.717) is 18.6 Å². The van der Waals surface area contributed by atoms with Crippen LogP contribution in [0.25, 0.3) is 0 Å². The van der Waals surface area contributed by atoms with E-state index in [2.05, 4.69) is 5.48 Å². The van der Waals surface area contributed by atoms with E-state index >= 15 is 0 Å². The minimum atomic E-state index is -0.426. The molecule has 1 aliphatic rings. The fourth-order valence-electron chi connectivity index (χ4n) is 1.40. The van der Waals surface area contributed by atoms with Crippen LogP contribution in [0.5, 0.6) is 0 Å². The van der Waals surface area contributed by atoms with Crippen molar-refractivity contribution >= 4 is 0 Å². The van der Waals surface area contributed by atoms with Crippen molar-refractivity contribution in [3.05, 3.63) is 35.4 Å². The number of nitrogens with one attached hydrogen (secondary N) is 1. The Morgan fingerprint density at radius 1 is 1.38 bits per heavy atom. The van der Waals surface area contributed by atoms with E-state index in [-0.39, 0.29) is 6.04 Å². The van der Waals surface area contributed by atoms with Crippen molar-refractivity contribution in [1.82, 2.24) is 5.48 Å². The van der Waals surface area contributed by atoms with Crippen molar-refractivity contribution in [3.8, 4) is 0 Å². The maximum Gasteiger partial charge on any atom is 0.128 e. The average Bonchev–Trinajstić information content (AvgIpc) is 2.61. The van der Waals surface area contributed by atoms with Gasteiger partial charge in [-0.2, -0.15) is 5.48 Å². The van der Waals surface area contributed by atoms with Gasteiger partial charge in [0.05, 0.1) is 12.6 Å². The van der Waals surface area contributed by atoms with Gasteiger partial charge in [0.15, 0.2) is 0 Å². The van der Waals surface area contributed by atoms with Crippen molar-refractivity contribution in [3.63, 3.8) is 0 Å². The zero-order valence-corrected chi connectivity index (χ0v) is 6.89. The Morgan fingerprint density at radius 2 is 2.23 bits per heavy atom. The van der Waals surface area contributed by atoms with Crippen LogP contribution >= 0.6 is 0 Å². The Kier molecular flexibility index (Phi) is 2.24. The summed E-state index contributed by atoms with van der Waals surface area (Å²) in [6.07, 6.45) is 0.667. The minimum Gasteiger partial charge on any atom is -0.301 e. The Bertz CT molecular complexity index is 310. The van der Waals surface area contributed by atoms with E-state index < -0.39 is 11.6 Å². The first-order valence-corrected chi connectivity index (χ1v) is 4.09. The predicted octanol–water partition coefficient (Wildman–Crippen LogP) is 1.93. The lowest BCUT2D eigenvalue weighted by Crippen LogP contribution is -2.13. The van der Waals surface area contributed by atoms with Gasteiger partial charge >= 0.3 is 0 Å². The molecule has 0 amide bonds. The predicted molar refractivity (Wildman–Crippen MR) is 42.8 cm³/mol. The van der Waals surface area contributed by atoms with Crippen molar-refractivity contribution in [2.24, 2.45) is 0 Å². The lowest BCUT2D eigenvalue weighted by molar-refractivity contribution is 0.0877. The summed E-state index contributed by atoms with van der Waals surface area (Å²) in [5.74, 6) is -0.825. The number of rotatable bonds is 1. The fourth-order valence-corrected chi connectivity index (χ4v) is 1.40. The second kappa shape index (κ2) is 3.40. The van der Waals surface area contributed by atoms with Gasteiger partial charge in [-0.15, -0.1) is 0 Å². The Labute approximate surface area is 74.5 Å².